The van der Waals surface area contributed by atoms with Crippen molar-refractivity contribution in [2.75, 3.05) is 58.6 Å². The van der Waals surface area contributed by atoms with E-state index in [2.05, 4.69) is 9.62 Å². The number of hydrogen-bond donors (Lipinski definition) is 1. The van der Waals surface area contributed by atoms with Crippen LogP contribution in [0.3, 0.4) is 0 Å². The summed E-state index contributed by atoms with van der Waals surface area (Å²) in [5.74, 6) is -0.532. The lowest BCUT2D eigenvalue weighted by Gasteiger charge is -2.37. The highest BCUT2D eigenvalue weighted by molar-refractivity contribution is 7.91. The second-order valence-electron chi connectivity index (χ2n) is 10.7. The summed E-state index contributed by atoms with van der Waals surface area (Å²) < 4.78 is 54.8. The highest BCUT2D eigenvalue weighted by Crippen LogP contribution is 2.31. The van der Waals surface area contributed by atoms with E-state index in [1.165, 1.54) is 15.5 Å². The van der Waals surface area contributed by atoms with Gasteiger partial charge < -0.3 is 9.80 Å². The number of benzene rings is 1. The smallest absolute Gasteiger partial charge is 0.250 e. The number of piperidine rings is 1. The zero-order valence-corrected chi connectivity index (χ0v) is 25.5. The Bertz CT molecular complexity index is 1490. The third-order valence-electron chi connectivity index (χ3n) is 7.84. The van der Waals surface area contributed by atoms with E-state index in [9.17, 15) is 26.4 Å². The first-order valence-electron chi connectivity index (χ1n) is 13.4. The molecule has 5 rings (SSSR count). The van der Waals surface area contributed by atoms with Crippen LogP contribution in [0.5, 0.6) is 0 Å². The Morgan fingerprint density at radius 1 is 1.02 bits per heavy atom. The fourth-order valence-corrected chi connectivity index (χ4v) is 9.35. The Kier molecular flexibility index (Phi) is 8.77. The van der Waals surface area contributed by atoms with E-state index in [0.717, 1.165) is 34.3 Å². The summed E-state index contributed by atoms with van der Waals surface area (Å²) in [4.78, 5) is 32.1. The van der Waals surface area contributed by atoms with Gasteiger partial charge in [-0.1, -0.05) is 11.6 Å². The van der Waals surface area contributed by atoms with Gasteiger partial charge in [-0.15, -0.1) is 11.3 Å². The number of thiophene rings is 1. The first-order chi connectivity index (χ1) is 18.9. The molecule has 2 unspecified atom stereocenters. The van der Waals surface area contributed by atoms with Crippen LogP contribution in [0.1, 0.15) is 25.7 Å². The Labute approximate surface area is 244 Å². The van der Waals surface area contributed by atoms with Crippen molar-refractivity contribution in [3.63, 3.8) is 0 Å². The van der Waals surface area contributed by atoms with Gasteiger partial charge in [0.2, 0.25) is 21.8 Å². The topological polar surface area (TPSA) is 127 Å². The molecule has 220 valence electrons. The Balaban J connectivity index is 1.18. The van der Waals surface area contributed by atoms with Crippen LogP contribution in [-0.2, 0) is 29.6 Å². The number of piperazine rings is 1. The van der Waals surface area contributed by atoms with Crippen molar-refractivity contribution in [1.29, 1.82) is 0 Å². The van der Waals surface area contributed by atoms with Gasteiger partial charge in [0.05, 0.1) is 12.8 Å². The van der Waals surface area contributed by atoms with E-state index in [-0.39, 0.29) is 28.6 Å². The standard InChI is InChI=1S/C25H34ClN5O6S3/c1-39(34,35)30-12-10-28(11-13-30)16-20-4-2-9-31(20)23(32)17-29-8-3-5-21(25(29)33)27-40(36,37)24-15-18-14-19(26)6-7-22(18)38-24/h6-7,14-15,20-21,27H,2-5,8-13,16-17H2,1H3. The second-order valence-corrected chi connectivity index (χ2v) is 16.1. The van der Waals surface area contributed by atoms with Crippen LogP contribution in [0.4, 0.5) is 0 Å². The van der Waals surface area contributed by atoms with E-state index < -0.39 is 26.1 Å². The molecule has 2 atom stereocenters. The largest absolute Gasteiger partial charge is 0.337 e. The molecule has 2 amide bonds. The molecule has 3 fully saturated rings. The van der Waals surface area contributed by atoms with E-state index in [1.54, 1.807) is 24.3 Å². The van der Waals surface area contributed by atoms with Crippen molar-refractivity contribution in [1.82, 2.24) is 23.7 Å². The molecule has 11 nitrogen and oxygen atoms in total. The van der Waals surface area contributed by atoms with Crippen LogP contribution in [0, 0.1) is 0 Å². The number of carbonyl (C=O) groups excluding carboxylic acids is 2. The molecule has 0 radical (unpaired) electrons. The summed E-state index contributed by atoms with van der Waals surface area (Å²) >= 11 is 7.15. The van der Waals surface area contributed by atoms with Crippen LogP contribution in [-0.4, -0.2) is 118 Å². The van der Waals surface area contributed by atoms with Crippen LogP contribution in [0.25, 0.3) is 10.1 Å². The van der Waals surface area contributed by atoms with Crippen molar-refractivity contribution in [2.45, 2.75) is 42.0 Å². The van der Waals surface area contributed by atoms with Crippen LogP contribution < -0.4 is 4.72 Å². The fourth-order valence-electron chi connectivity index (χ4n) is 5.72. The minimum absolute atomic E-state index is 0.00735. The lowest BCUT2D eigenvalue weighted by Crippen LogP contribution is -2.56. The SMILES string of the molecule is CS(=O)(=O)N1CCN(CC2CCCN2C(=O)CN2CCCC(NS(=O)(=O)c3cc4cc(Cl)ccc4s3)C2=O)CC1. The number of nitrogens with one attached hydrogen (secondary N) is 1. The van der Waals surface area contributed by atoms with E-state index in [1.807, 2.05) is 4.90 Å². The zero-order valence-electron chi connectivity index (χ0n) is 22.3. The lowest BCUT2D eigenvalue weighted by molar-refractivity contribution is -0.143. The summed E-state index contributed by atoms with van der Waals surface area (Å²) in [6.45, 7) is 3.70. The third kappa shape index (κ3) is 6.63. The fraction of sp³-hybridized carbons (Fsp3) is 0.600. The molecular formula is C25H34ClN5O6S3. The van der Waals surface area contributed by atoms with Gasteiger partial charge in [0.1, 0.15) is 10.3 Å². The molecule has 3 aliphatic heterocycles. The minimum atomic E-state index is -3.94. The molecule has 0 spiro atoms. The predicted molar refractivity (Wildman–Crippen MR) is 154 cm³/mol. The Morgan fingerprint density at radius 2 is 1.75 bits per heavy atom. The number of sulfonamides is 2. The number of carbonyl (C=O) groups is 2. The molecule has 0 aliphatic carbocycles. The summed E-state index contributed by atoms with van der Waals surface area (Å²) in [7, 11) is -7.14. The Morgan fingerprint density at radius 3 is 2.48 bits per heavy atom. The van der Waals surface area contributed by atoms with E-state index in [0.29, 0.717) is 63.7 Å². The number of hydrogen-bond acceptors (Lipinski definition) is 8. The third-order valence-corrected chi connectivity index (χ3v) is 12.4. The van der Waals surface area contributed by atoms with Gasteiger partial charge in [-0.2, -0.15) is 9.03 Å². The molecule has 1 aromatic carbocycles. The average molecular weight is 632 g/mol. The first kappa shape index (κ1) is 29.7. The number of likely N-dealkylation sites (tertiary alicyclic amines) is 2. The molecule has 3 saturated heterocycles. The molecule has 1 N–H and O–H groups in total. The number of rotatable bonds is 8. The minimum Gasteiger partial charge on any atom is -0.337 e. The number of amides is 2. The van der Waals surface area contributed by atoms with Crippen molar-refractivity contribution in [2.24, 2.45) is 0 Å². The molecule has 2 aromatic rings. The molecule has 3 aliphatic rings. The van der Waals surface area contributed by atoms with Crippen molar-refractivity contribution in [3.05, 3.63) is 29.3 Å². The van der Waals surface area contributed by atoms with Crippen molar-refractivity contribution >= 4 is 64.9 Å². The van der Waals surface area contributed by atoms with E-state index in [4.69, 9.17) is 11.6 Å². The van der Waals surface area contributed by atoms with Gasteiger partial charge in [-0.05, 0) is 55.3 Å². The maximum atomic E-state index is 13.3. The Hall–Kier alpha value is -1.81. The van der Waals surface area contributed by atoms with Crippen LogP contribution in [0.15, 0.2) is 28.5 Å². The quantitative estimate of drug-likeness (QED) is 0.467. The van der Waals surface area contributed by atoms with Gasteiger partial charge in [0.15, 0.2) is 0 Å². The zero-order chi connectivity index (χ0) is 28.7. The second kappa shape index (κ2) is 11.8. The summed E-state index contributed by atoms with van der Waals surface area (Å²) in [5.41, 5.74) is 0. The normalized spacial score (nSPS) is 23.8. The summed E-state index contributed by atoms with van der Waals surface area (Å²) in [6.07, 6.45) is 3.90. The molecular weight excluding hydrogens is 598 g/mol. The van der Waals surface area contributed by atoms with Crippen molar-refractivity contribution < 1.29 is 26.4 Å². The van der Waals surface area contributed by atoms with Crippen LogP contribution >= 0.6 is 22.9 Å². The molecule has 4 heterocycles. The van der Waals surface area contributed by atoms with Gasteiger partial charge in [-0.3, -0.25) is 14.5 Å². The summed E-state index contributed by atoms with van der Waals surface area (Å²) in [6, 6.07) is 5.80. The molecule has 0 saturated carbocycles. The average Bonchev–Trinajstić information content (AvgIpc) is 3.53. The molecule has 0 bridgehead atoms. The number of halogens is 1. The maximum absolute atomic E-state index is 13.3. The summed E-state index contributed by atoms with van der Waals surface area (Å²) in [5, 5.41) is 1.23. The van der Waals surface area contributed by atoms with Gasteiger partial charge in [0.25, 0.3) is 10.0 Å². The van der Waals surface area contributed by atoms with E-state index >= 15 is 0 Å². The highest BCUT2D eigenvalue weighted by atomic mass is 35.5. The number of fused-ring (bicyclic) bond motifs is 1. The number of nitrogens with zero attached hydrogens (tertiary/aromatic N) is 4. The highest BCUT2D eigenvalue weighted by Gasteiger charge is 2.37. The van der Waals surface area contributed by atoms with Crippen LogP contribution in [0.2, 0.25) is 5.02 Å². The molecule has 1 aromatic heterocycles. The lowest BCUT2D eigenvalue weighted by atomic mass is 10.1. The van der Waals surface area contributed by atoms with Gasteiger partial charge >= 0.3 is 0 Å². The molecule has 15 heteroatoms. The first-order valence-corrected chi connectivity index (χ1v) is 17.9. The molecule has 40 heavy (non-hydrogen) atoms. The van der Waals surface area contributed by atoms with Crippen molar-refractivity contribution in [3.8, 4) is 0 Å². The maximum Gasteiger partial charge on any atom is 0.250 e. The van der Waals surface area contributed by atoms with Gasteiger partial charge in [-0.25, -0.2) is 16.8 Å². The monoisotopic (exact) mass is 631 g/mol. The van der Waals surface area contributed by atoms with Gasteiger partial charge in [0, 0.05) is 61.6 Å². The predicted octanol–water partition coefficient (Wildman–Crippen LogP) is 1.39.